The summed E-state index contributed by atoms with van der Waals surface area (Å²) in [6.07, 6.45) is 0. The molecule has 0 atom stereocenters. The SMILES string of the molecule is CNN=C(C(=O)N1CCOCC1)C(C)=NOC. The first-order chi connectivity index (χ1) is 8.20. The summed E-state index contributed by atoms with van der Waals surface area (Å²) in [7, 11) is 3.06. The second-order valence-corrected chi connectivity index (χ2v) is 3.45. The lowest BCUT2D eigenvalue weighted by atomic mass is 10.2. The monoisotopic (exact) mass is 242 g/mol. The summed E-state index contributed by atoms with van der Waals surface area (Å²) in [6.45, 7) is 3.93. The molecule has 0 aliphatic carbocycles. The van der Waals surface area contributed by atoms with E-state index in [-0.39, 0.29) is 11.6 Å². The van der Waals surface area contributed by atoms with E-state index in [0.29, 0.717) is 32.0 Å². The van der Waals surface area contributed by atoms with Gasteiger partial charge < -0.3 is 19.9 Å². The van der Waals surface area contributed by atoms with Crippen LogP contribution in [-0.2, 0) is 14.4 Å². The molecule has 1 N–H and O–H groups in total. The molecule has 1 rings (SSSR count). The van der Waals surface area contributed by atoms with Crippen molar-refractivity contribution in [1.82, 2.24) is 10.3 Å². The minimum absolute atomic E-state index is 0.166. The number of carbonyl (C=O) groups is 1. The number of hydrogen-bond acceptors (Lipinski definition) is 6. The minimum atomic E-state index is -0.166. The molecule has 17 heavy (non-hydrogen) atoms. The van der Waals surface area contributed by atoms with Crippen LogP contribution in [0.5, 0.6) is 0 Å². The smallest absolute Gasteiger partial charge is 0.276 e. The maximum Gasteiger partial charge on any atom is 0.276 e. The largest absolute Gasteiger partial charge is 0.399 e. The first-order valence-corrected chi connectivity index (χ1v) is 5.40. The predicted octanol–water partition coefficient (Wildman–Crippen LogP) is -0.557. The fraction of sp³-hybridized carbons (Fsp3) is 0.700. The van der Waals surface area contributed by atoms with Gasteiger partial charge in [-0.15, -0.1) is 0 Å². The van der Waals surface area contributed by atoms with Crippen LogP contribution in [0.15, 0.2) is 10.3 Å². The molecule has 0 unspecified atom stereocenters. The molecule has 1 aliphatic rings. The molecule has 0 aromatic heterocycles. The van der Waals surface area contributed by atoms with Crippen molar-refractivity contribution in [3.05, 3.63) is 0 Å². The third-order valence-electron chi connectivity index (χ3n) is 2.30. The Morgan fingerprint density at radius 1 is 1.41 bits per heavy atom. The third-order valence-corrected chi connectivity index (χ3v) is 2.30. The summed E-state index contributed by atoms with van der Waals surface area (Å²) in [6, 6.07) is 0. The molecule has 0 aromatic rings. The molecule has 0 radical (unpaired) electrons. The molecule has 0 aromatic carbocycles. The Kier molecular flexibility index (Phi) is 5.41. The molecule has 0 bridgehead atoms. The van der Waals surface area contributed by atoms with Crippen molar-refractivity contribution < 1.29 is 14.4 Å². The summed E-state index contributed by atoms with van der Waals surface area (Å²) in [5, 5.41) is 7.67. The van der Waals surface area contributed by atoms with Crippen LogP contribution in [0.3, 0.4) is 0 Å². The quantitative estimate of drug-likeness (QED) is 0.530. The predicted molar refractivity (Wildman–Crippen MR) is 64.0 cm³/mol. The van der Waals surface area contributed by atoms with Crippen molar-refractivity contribution in [2.75, 3.05) is 40.5 Å². The van der Waals surface area contributed by atoms with Gasteiger partial charge in [0.05, 0.1) is 13.2 Å². The molecule has 1 aliphatic heterocycles. The number of oxime groups is 1. The highest BCUT2D eigenvalue weighted by molar-refractivity contribution is 6.66. The number of hydrogen-bond donors (Lipinski definition) is 1. The van der Waals surface area contributed by atoms with E-state index in [9.17, 15) is 4.79 Å². The van der Waals surface area contributed by atoms with Gasteiger partial charge in [0, 0.05) is 20.1 Å². The second-order valence-electron chi connectivity index (χ2n) is 3.45. The van der Waals surface area contributed by atoms with Crippen LogP contribution >= 0.6 is 0 Å². The van der Waals surface area contributed by atoms with Crippen molar-refractivity contribution in [3.63, 3.8) is 0 Å². The van der Waals surface area contributed by atoms with E-state index in [1.54, 1.807) is 18.9 Å². The zero-order chi connectivity index (χ0) is 12.7. The molecule has 1 fully saturated rings. The number of nitrogens with zero attached hydrogens (tertiary/aromatic N) is 3. The Morgan fingerprint density at radius 3 is 2.59 bits per heavy atom. The van der Waals surface area contributed by atoms with E-state index in [4.69, 9.17) is 4.74 Å². The van der Waals surface area contributed by atoms with Crippen molar-refractivity contribution in [2.45, 2.75) is 6.92 Å². The van der Waals surface area contributed by atoms with Crippen LogP contribution in [0.1, 0.15) is 6.92 Å². The fourth-order valence-corrected chi connectivity index (χ4v) is 1.49. The van der Waals surface area contributed by atoms with Crippen LogP contribution in [-0.4, -0.2) is 62.7 Å². The van der Waals surface area contributed by atoms with E-state index < -0.39 is 0 Å². The van der Waals surface area contributed by atoms with Gasteiger partial charge in [0.1, 0.15) is 12.8 Å². The topological polar surface area (TPSA) is 75.5 Å². The average Bonchev–Trinajstić information content (AvgIpc) is 2.36. The lowest BCUT2D eigenvalue weighted by molar-refractivity contribution is -0.127. The van der Waals surface area contributed by atoms with Gasteiger partial charge in [-0.25, -0.2) is 0 Å². The van der Waals surface area contributed by atoms with E-state index >= 15 is 0 Å². The van der Waals surface area contributed by atoms with E-state index in [1.165, 1.54) is 7.11 Å². The highest BCUT2D eigenvalue weighted by atomic mass is 16.6. The second kappa shape index (κ2) is 6.85. The number of hydrazone groups is 1. The third kappa shape index (κ3) is 3.70. The Balaban J connectivity index is 2.80. The summed E-state index contributed by atoms with van der Waals surface area (Å²) in [5.41, 5.74) is 3.30. The van der Waals surface area contributed by atoms with Crippen LogP contribution in [0.2, 0.25) is 0 Å². The number of rotatable bonds is 4. The van der Waals surface area contributed by atoms with Crippen LogP contribution in [0, 0.1) is 0 Å². The van der Waals surface area contributed by atoms with E-state index in [1.807, 2.05) is 0 Å². The molecular weight excluding hydrogens is 224 g/mol. The first-order valence-electron chi connectivity index (χ1n) is 5.40. The molecule has 0 spiro atoms. The summed E-state index contributed by atoms with van der Waals surface area (Å²) in [4.78, 5) is 18.5. The lowest BCUT2D eigenvalue weighted by Gasteiger charge is -2.27. The van der Waals surface area contributed by atoms with E-state index in [2.05, 4.69) is 20.5 Å². The van der Waals surface area contributed by atoms with Gasteiger partial charge in [-0.2, -0.15) is 5.10 Å². The van der Waals surface area contributed by atoms with Gasteiger partial charge in [0.25, 0.3) is 5.91 Å². The Hall–Kier alpha value is -1.63. The Morgan fingerprint density at radius 2 is 2.06 bits per heavy atom. The number of nitrogens with one attached hydrogen (secondary N) is 1. The molecule has 7 nitrogen and oxygen atoms in total. The zero-order valence-corrected chi connectivity index (χ0v) is 10.4. The van der Waals surface area contributed by atoms with Crippen LogP contribution in [0.25, 0.3) is 0 Å². The summed E-state index contributed by atoms with van der Waals surface area (Å²) < 4.78 is 5.19. The maximum atomic E-state index is 12.2. The van der Waals surface area contributed by atoms with E-state index in [0.717, 1.165) is 0 Å². The van der Waals surface area contributed by atoms with Crippen molar-refractivity contribution in [3.8, 4) is 0 Å². The van der Waals surface area contributed by atoms with Crippen molar-refractivity contribution in [1.29, 1.82) is 0 Å². The lowest BCUT2D eigenvalue weighted by Crippen LogP contribution is -2.46. The fourth-order valence-electron chi connectivity index (χ4n) is 1.49. The van der Waals surface area contributed by atoms with Crippen LogP contribution < -0.4 is 5.43 Å². The van der Waals surface area contributed by atoms with Gasteiger partial charge >= 0.3 is 0 Å². The summed E-state index contributed by atoms with van der Waals surface area (Å²) >= 11 is 0. The summed E-state index contributed by atoms with van der Waals surface area (Å²) in [5.74, 6) is -0.166. The van der Waals surface area contributed by atoms with Crippen LogP contribution in [0.4, 0.5) is 0 Å². The molecule has 1 saturated heterocycles. The molecule has 1 amide bonds. The standard InChI is InChI=1S/C10H18N4O3/c1-8(13-16-3)9(12-11-2)10(15)14-4-6-17-7-5-14/h11H,4-7H2,1-3H3. The molecule has 96 valence electrons. The molecular formula is C10H18N4O3. The number of carbonyl (C=O) groups excluding carboxylic acids is 1. The molecule has 1 heterocycles. The maximum absolute atomic E-state index is 12.2. The number of ether oxygens (including phenoxy) is 1. The normalized spacial score (nSPS) is 17.9. The molecule has 7 heteroatoms. The Bertz CT molecular complexity index is 322. The van der Waals surface area contributed by atoms with Gasteiger partial charge in [-0.3, -0.25) is 4.79 Å². The average molecular weight is 242 g/mol. The zero-order valence-electron chi connectivity index (χ0n) is 10.4. The van der Waals surface area contributed by atoms with Gasteiger partial charge in [0.2, 0.25) is 0 Å². The first kappa shape index (κ1) is 13.4. The highest BCUT2D eigenvalue weighted by Gasteiger charge is 2.24. The van der Waals surface area contributed by atoms with Gasteiger partial charge in [0.15, 0.2) is 5.71 Å². The number of amides is 1. The molecule has 0 saturated carbocycles. The van der Waals surface area contributed by atoms with Gasteiger partial charge in [-0.1, -0.05) is 5.16 Å². The Labute approximate surface area is 100 Å². The number of morpholine rings is 1. The van der Waals surface area contributed by atoms with Crippen molar-refractivity contribution >= 4 is 17.3 Å². The highest BCUT2D eigenvalue weighted by Crippen LogP contribution is 2.00. The van der Waals surface area contributed by atoms with Crippen molar-refractivity contribution in [2.24, 2.45) is 10.3 Å². The van der Waals surface area contributed by atoms with Gasteiger partial charge in [-0.05, 0) is 6.92 Å². The minimum Gasteiger partial charge on any atom is -0.399 e.